The van der Waals surface area contributed by atoms with Gasteiger partial charge in [-0.25, -0.2) is 0 Å². The first-order valence-corrected chi connectivity index (χ1v) is 6.02. The molecule has 2 N–H and O–H groups in total. The molecule has 4 nitrogen and oxygen atoms in total. The minimum Gasteiger partial charge on any atom is -0.481 e. The van der Waals surface area contributed by atoms with E-state index in [9.17, 15) is 4.79 Å². The van der Waals surface area contributed by atoms with E-state index in [2.05, 4.69) is 31.1 Å². The highest BCUT2D eigenvalue weighted by atomic mass is 16.4. The number of hydrogen-bond donors (Lipinski definition) is 2. The lowest BCUT2D eigenvalue weighted by Crippen LogP contribution is -2.38. The van der Waals surface area contributed by atoms with Gasteiger partial charge in [0.2, 0.25) is 0 Å². The molecular formula is C12H26N2O2. The van der Waals surface area contributed by atoms with Crippen LogP contribution in [-0.2, 0) is 4.79 Å². The molecule has 0 aromatic rings. The van der Waals surface area contributed by atoms with Crippen molar-refractivity contribution in [1.82, 2.24) is 10.2 Å². The Balaban J connectivity index is 3.63. The summed E-state index contributed by atoms with van der Waals surface area (Å²) in [5, 5.41) is 12.1. The summed E-state index contributed by atoms with van der Waals surface area (Å²) in [6.45, 7) is 9.91. The van der Waals surface area contributed by atoms with Crippen LogP contribution in [0.1, 0.15) is 34.1 Å². The first-order chi connectivity index (χ1) is 7.36. The summed E-state index contributed by atoms with van der Waals surface area (Å²) < 4.78 is 0. The van der Waals surface area contributed by atoms with E-state index < -0.39 is 5.97 Å². The fourth-order valence-electron chi connectivity index (χ4n) is 1.31. The molecule has 0 radical (unpaired) electrons. The molecule has 0 saturated carbocycles. The topological polar surface area (TPSA) is 52.6 Å². The van der Waals surface area contributed by atoms with Crippen molar-refractivity contribution in [2.24, 2.45) is 5.92 Å². The van der Waals surface area contributed by atoms with E-state index in [1.165, 1.54) is 0 Å². The third-order valence-corrected chi connectivity index (χ3v) is 3.17. The number of nitrogens with zero attached hydrogens (tertiary/aromatic N) is 1. The van der Waals surface area contributed by atoms with Gasteiger partial charge in [0, 0.05) is 12.1 Å². The van der Waals surface area contributed by atoms with Gasteiger partial charge >= 0.3 is 5.97 Å². The zero-order chi connectivity index (χ0) is 12.7. The predicted octanol–water partition coefficient (Wildman–Crippen LogP) is 1.42. The molecule has 0 amide bonds. The summed E-state index contributed by atoms with van der Waals surface area (Å²) in [4.78, 5) is 13.0. The van der Waals surface area contributed by atoms with Gasteiger partial charge in [-0.05, 0) is 47.3 Å². The molecule has 0 spiro atoms. The van der Waals surface area contributed by atoms with Crippen LogP contribution in [0.3, 0.4) is 0 Å². The lowest BCUT2D eigenvalue weighted by molar-refractivity contribution is -0.141. The summed E-state index contributed by atoms with van der Waals surface area (Å²) in [6, 6.07) is 0.595. The first-order valence-electron chi connectivity index (χ1n) is 6.02. The highest BCUT2D eigenvalue weighted by molar-refractivity contribution is 5.70. The Morgan fingerprint density at radius 2 is 1.88 bits per heavy atom. The molecule has 0 heterocycles. The van der Waals surface area contributed by atoms with E-state index in [-0.39, 0.29) is 12.0 Å². The lowest BCUT2D eigenvalue weighted by atomic mass is 10.0. The molecule has 0 aliphatic heterocycles. The van der Waals surface area contributed by atoms with Gasteiger partial charge in [0.15, 0.2) is 0 Å². The van der Waals surface area contributed by atoms with Crippen molar-refractivity contribution in [2.75, 3.05) is 20.1 Å². The van der Waals surface area contributed by atoms with Gasteiger partial charge in [-0.2, -0.15) is 0 Å². The van der Waals surface area contributed by atoms with E-state index in [0.29, 0.717) is 6.04 Å². The van der Waals surface area contributed by atoms with E-state index in [1.54, 1.807) is 6.92 Å². The minimum atomic E-state index is -0.737. The molecule has 2 unspecified atom stereocenters. The Morgan fingerprint density at radius 3 is 2.31 bits per heavy atom. The maximum absolute atomic E-state index is 10.7. The lowest BCUT2D eigenvalue weighted by Gasteiger charge is -2.22. The Morgan fingerprint density at radius 1 is 1.31 bits per heavy atom. The second kappa shape index (κ2) is 7.63. The van der Waals surface area contributed by atoms with Gasteiger partial charge in [0.05, 0.1) is 5.92 Å². The van der Waals surface area contributed by atoms with Crippen LogP contribution in [0.2, 0.25) is 0 Å². The van der Waals surface area contributed by atoms with Crippen LogP contribution in [0, 0.1) is 5.92 Å². The van der Waals surface area contributed by atoms with Crippen LogP contribution in [0.4, 0.5) is 0 Å². The molecule has 2 atom stereocenters. The van der Waals surface area contributed by atoms with Crippen LogP contribution in [0.15, 0.2) is 0 Å². The van der Waals surface area contributed by atoms with Gasteiger partial charge < -0.3 is 15.3 Å². The monoisotopic (exact) mass is 230 g/mol. The summed E-state index contributed by atoms with van der Waals surface area (Å²) in [7, 11) is 2.11. The zero-order valence-electron chi connectivity index (χ0n) is 11.2. The Kier molecular flexibility index (Phi) is 7.34. The highest BCUT2D eigenvalue weighted by Crippen LogP contribution is 2.02. The molecule has 0 aromatic carbocycles. The van der Waals surface area contributed by atoms with Crippen LogP contribution < -0.4 is 5.32 Å². The number of carbonyl (C=O) groups is 1. The van der Waals surface area contributed by atoms with Gasteiger partial charge in [-0.3, -0.25) is 4.79 Å². The Hall–Kier alpha value is -0.610. The molecule has 96 valence electrons. The predicted molar refractivity (Wildman–Crippen MR) is 66.6 cm³/mol. The van der Waals surface area contributed by atoms with Crippen LogP contribution in [0.5, 0.6) is 0 Å². The van der Waals surface area contributed by atoms with Crippen molar-refractivity contribution in [3.8, 4) is 0 Å². The summed E-state index contributed by atoms with van der Waals surface area (Å²) >= 11 is 0. The summed E-state index contributed by atoms with van der Waals surface area (Å²) in [5.41, 5.74) is 0. The van der Waals surface area contributed by atoms with Crippen molar-refractivity contribution in [3.05, 3.63) is 0 Å². The summed E-state index contributed by atoms with van der Waals surface area (Å²) in [5.74, 6) is -1.07. The van der Waals surface area contributed by atoms with Gasteiger partial charge in [0.25, 0.3) is 0 Å². The van der Waals surface area contributed by atoms with E-state index in [0.717, 1.165) is 19.5 Å². The molecule has 0 aliphatic carbocycles. The number of carboxylic acid groups (broad SMARTS) is 1. The number of aliphatic carboxylic acids is 1. The average molecular weight is 230 g/mol. The Bertz CT molecular complexity index is 207. The second-order valence-corrected chi connectivity index (χ2v) is 4.80. The number of rotatable bonds is 8. The first kappa shape index (κ1) is 15.4. The SMILES string of the molecule is CC(NCCCN(C)C(C)C)C(C)C(=O)O. The molecule has 0 aliphatic rings. The van der Waals surface area contributed by atoms with E-state index in [4.69, 9.17) is 5.11 Å². The molecule has 0 aromatic heterocycles. The number of carboxylic acids is 1. The molecule has 0 saturated heterocycles. The van der Waals surface area contributed by atoms with Crippen molar-refractivity contribution in [3.63, 3.8) is 0 Å². The molecule has 0 fully saturated rings. The normalized spacial score (nSPS) is 15.4. The Labute approximate surface area is 99.0 Å². The average Bonchev–Trinajstić information content (AvgIpc) is 2.22. The second-order valence-electron chi connectivity index (χ2n) is 4.80. The van der Waals surface area contributed by atoms with Crippen molar-refractivity contribution in [2.45, 2.75) is 46.2 Å². The highest BCUT2D eigenvalue weighted by Gasteiger charge is 2.18. The van der Waals surface area contributed by atoms with Crippen LogP contribution in [-0.4, -0.2) is 48.2 Å². The van der Waals surface area contributed by atoms with E-state index >= 15 is 0 Å². The molecular weight excluding hydrogens is 204 g/mol. The quantitative estimate of drug-likeness (QED) is 0.619. The smallest absolute Gasteiger partial charge is 0.307 e. The van der Waals surface area contributed by atoms with Crippen LogP contribution in [0.25, 0.3) is 0 Å². The summed E-state index contributed by atoms with van der Waals surface area (Å²) in [6.07, 6.45) is 1.05. The van der Waals surface area contributed by atoms with E-state index in [1.807, 2.05) is 6.92 Å². The molecule has 4 heteroatoms. The van der Waals surface area contributed by atoms with Gasteiger partial charge in [-0.15, -0.1) is 0 Å². The van der Waals surface area contributed by atoms with Crippen molar-refractivity contribution < 1.29 is 9.90 Å². The molecule has 0 rings (SSSR count). The third-order valence-electron chi connectivity index (χ3n) is 3.17. The van der Waals surface area contributed by atoms with Gasteiger partial charge in [0.1, 0.15) is 0 Å². The zero-order valence-corrected chi connectivity index (χ0v) is 11.2. The fourth-order valence-corrected chi connectivity index (χ4v) is 1.31. The van der Waals surface area contributed by atoms with Crippen LogP contribution >= 0.6 is 0 Å². The van der Waals surface area contributed by atoms with Gasteiger partial charge in [-0.1, -0.05) is 6.92 Å². The third kappa shape index (κ3) is 6.08. The molecule has 0 bridgehead atoms. The largest absolute Gasteiger partial charge is 0.481 e. The van der Waals surface area contributed by atoms with Crippen molar-refractivity contribution >= 4 is 5.97 Å². The maximum Gasteiger partial charge on any atom is 0.307 e. The number of hydrogen-bond acceptors (Lipinski definition) is 3. The fraction of sp³-hybridized carbons (Fsp3) is 0.917. The minimum absolute atomic E-state index is 0.0295. The number of nitrogens with one attached hydrogen (secondary N) is 1. The molecule has 16 heavy (non-hydrogen) atoms. The standard InChI is InChI=1S/C12H26N2O2/c1-9(2)14(5)8-6-7-13-11(4)10(3)12(15)16/h9-11,13H,6-8H2,1-5H3,(H,15,16). The van der Waals surface area contributed by atoms with Crippen molar-refractivity contribution in [1.29, 1.82) is 0 Å². The maximum atomic E-state index is 10.7.